The summed E-state index contributed by atoms with van der Waals surface area (Å²) in [5.74, 6) is 0.220. The van der Waals surface area contributed by atoms with Crippen molar-refractivity contribution in [3.05, 3.63) is 87.4 Å². The molecule has 0 spiro atoms. The molecule has 1 N–H and O–H groups in total. The van der Waals surface area contributed by atoms with E-state index in [4.69, 9.17) is 16.1 Å². The minimum absolute atomic E-state index is 0.201. The normalized spacial score (nSPS) is 11.1. The molecular weight excluding hydrogens is 456 g/mol. The van der Waals surface area contributed by atoms with Crippen LogP contribution < -0.4 is 11.0 Å². The van der Waals surface area contributed by atoms with Gasteiger partial charge in [0.05, 0.1) is 5.56 Å². The van der Waals surface area contributed by atoms with Crippen LogP contribution in [-0.2, 0) is 11.3 Å². The van der Waals surface area contributed by atoms with Crippen LogP contribution in [0.5, 0.6) is 0 Å². The largest absolute Gasteiger partial charge is 0.350 e. The van der Waals surface area contributed by atoms with Crippen molar-refractivity contribution in [2.75, 3.05) is 5.32 Å². The lowest BCUT2D eigenvalue weighted by atomic mass is 10.1. The molecule has 5 aromatic rings. The number of amides is 1. The van der Waals surface area contributed by atoms with Gasteiger partial charge in [-0.2, -0.15) is 4.98 Å². The lowest BCUT2D eigenvalue weighted by Gasteiger charge is -2.08. The van der Waals surface area contributed by atoms with Crippen LogP contribution in [0.1, 0.15) is 11.1 Å². The lowest BCUT2D eigenvalue weighted by Crippen LogP contribution is -2.28. The van der Waals surface area contributed by atoms with Gasteiger partial charge in [0, 0.05) is 22.5 Å². The standard InChI is InChI=1S/C24H19ClN6O3/c1-14-5-10-19(15(2)12-14)26-20(32)13-31-24(33)30-11-3-4-18(22(30)28-31)23-27-21(29-34-23)16-6-8-17(25)9-7-16/h3-12H,13H2,1-2H3,(H,26,32). The Morgan fingerprint density at radius 3 is 2.68 bits per heavy atom. The van der Waals surface area contributed by atoms with Gasteiger partial charge in [-0.25, -0.2) is 13.9 Å². The molecule has 2 aromatic carbocycles. The molecule has 0 saturated heterocycles. The Morgan fingerprint density at radius 2 is 1.91 bits per heavy atom. The molecule has 1 amide bonds. The monoisotopic (exact) mass is 474 g/mol. The van der Waals surface area contributed by atoms with Crippen LogP contribution >= 0.6 is 11.6 Å². The molecule has 170 valence electrons. The Kier molecular flexibility index (Phi) is 5.46. The molecule has 0 fully saturated rings. The van der Waals surface area contributed by atoms with Gasteiger partial charge in [0.15, 0.2) is 5.65 Å². The number of aromatic nitrogens is 5. The number of fused-ring (bicyclic) bond motifs is 1. The van der Waals surface area contributed by atoms with Crippen molar-refractivity contribution in [2.24, 2.45) is 0 Å². The highest BCUT2D eigenvalue weighted by Gasteiger charge is 2.19. The van der Waals surface area contributed by atoms with Gasteiger partial charge >= 0.3 is 5.69 Å². The average Bonchev–Trinajstić information content (AvgIpc) is 3.42. The van der Waals surface area contributed by atoms with Crippen molar-refractivity contribution in [3.8, 4) is 22.8 Å². The van der Waals surface area contributed by atoms with Crippen molar-refractivity contribution in [3.63, 3.8) is 0 Å². The molecule has 5 rings (SSSR count). The molecule has 0 aliphatic carbocycles. The topological polar surface area (TPSA) is 107 Å². The van der Waals surface area contributed by atoms with Crippen molar-refractivity contribution in [2.45, 2.75) is 20.4 Å². The highest BCUT2D eigenvalue weighted by Crippen LogP contribution is 2.25. The van der Waals surface area contributed by atoms with Gasteiger partial charge in [0.25, 0.3) is 5.89 Å². The molecular formula is C24H19ClN6O3. The third-order valence-corrected chi connectivity index (χ3v) is 5.57. The molecule has 0 radical (unpaired) electrons. The Morgan fingerprint density at radius 1 is 1.12 bits per heavy atom. The first kappa shape index (κ1) is 21.6. The van der Waals surface area contributed by atoms with Gasteiger partial charge in [0.1, 0.15) is 6.54 Å². The number of hydrogen-bond donors (Lipinski definition) is 1. The second-order valence-corrected chi connectivity index (χ2v) is 8.29. The van der Waals surface area contributed by atoms with Gasteiger partial charge in [0.2, 0.25) is 11.7 Å². The zero-order valence-corrected chi connectivity index (χ0v) is 19.1. The van der Waals surface area contributed by atoms with Crippen LogP contribution in [0.4, 0.5) is 5.69 Å². The third kappa shape index (κ3) is 4.08. The molecule has 0 unspecified atom stereocenters. The molecule has 0 saturated carbocycles. The SMILES string of the molecule is Cc1ccc(NC(=O)Cn2nc3c(-c4nc(-c5ccc(Cl)cc5)no4)cccn3c2=O)c(C)c1. The molecule has 34 heavy (non-hydrogen) atoms. The second-order valence-electron chi connectivity index (χ2n) is 7.85. The average molecular weight is 475 g/mol. The van der Waals surface area contributed by atoms with Crippen LogP contribution in [-0.4, -0.2) is 30.2 Å². The Hall–Kier alpha value is -4.24. The summed E-state index contributed by atoms with van der Waals surface area (Å²) in [4.78, 5) is 29.9. The maximum atomic E-state index is 12.9. The Labute approximate surface area is 198 Å². The van der Waals surface area contributed by atoms with E-state index in [0.29, 0.717) is 27.7 Å². The first-order valence-corrected chi connectivity index (χ1v) is 10.8. The number of carbonyl (C=O) groups is 1. The number of benzene rings is 2. The molecule has 0 aliphatic rings. The predicted molar refractivity (Wildman–Crippen MR) is 128 cm³/mol. The van der Waals surface area contributed by atoms with Gasteiger partial charge < -0.3 is 9.84 Å². The molecule has 3 aromatic heterocycles. The number of halogens is 1. The van der Waals surface area contributed by atoms with Crippen LogP contribution in [0.25, 0.3) is 28.5 Å². The predicted octanol–water partition coefficient (Wildman–Crippen LogP) is 4.12. The maximum absolute atomic E-state index is 12.9. The summed E-state index contributed by atoms with van der Waals surface area (Å²) in [5, 5.41) is 11.8. The van der Waals surface area contributed by atoms with E-state index in [9.17, 15) is 9.59 Å². The molecule has 10 heteroatoms. The maximum Gasteiger partial charge on any atom is 0.350 e. The second kappa shape index (κ2) is 8.60. The van der Waals surface area contributed by atoms with E-state index in [-0.39, 0.29) is 18.3 Å². The van der Waals surface area contributed by atoms with Crippen molar-refractivity contribution < 1.29 is 9.32 Å². The first-order chi connectivity index (χ1) is 16.4. The number of anilines is 1. The summed E-state index contributed by atoms with van der Waals surface area (Å²) in [6, 6.07) is 16.2. The summed E-state index contributed by atoms with van der Waals surface area (Å²) in [7, 11) is 0. The quantitative estimate of drug-likeness (QED) is 0.410. The minimum Gasteiger partial charge on any atom is -0.333 e. The summed E-state index contributed by atoms with van der Waals surface area (Å²) >= 11 is 5.94. The van der Waals surface area contributed by atoms with E-state index in [0.717, 1.165) is 21.4 Å². The van der Waals surface area contributed by atoms with Crippen LogP contribution in [0.2, 0.25) is 5.02 Å². The first-order valence-electron chi connectivity index (χ1n) is 10.4. The molecule has 9 nitrogen and oxygen atoms in total. The van der Waals surface area contributed by atoms with Crippen LogP contribution in [0, 0.1) is 13.8 Å². The van der Waals surface area contributed by atoms with E-state index in [1.54, 1.807) is 42.6 Å². The fourth-order valence-corrected chi connectivity index (χ4v) is 3.76. The zero-order chi connectivity index (χ0) is 23.8. The van der Waals surface area contributed by atoms with Gasteiger partial charge in [-0.05, 0) is 61.9 Å². The summed E-state index contributed by atoms with van der Waals surface area (Å²) in [6.07, 6.45) is 1.57. The molecule has 0 bridgehead atoms. The number of carbonyl (C=O) groups excluding carboxylic acids is 1. The third-order valence-electron chi connectivity index (χ3n) is 5.32. The van der Waals surface area contributed by atoms with Crippen molar-refractivity contribution in [1.82, 2.24) is 24.3 Å². The van der Waals surface area contributed by atoms with Gasteiger partial charge in [-0.15, -0.1) is 5.10 Å². The summed E-state index contributed by atoms with van der Waals surface area (Å²) in [5.41, 5.74) is 3.78. The summed E-state index contributed by atoms with van der Waals surface area (Å²) < 4.78 is 7.88. The molecule has 3 heterocycles. The Balaban J connectivity index is 1.44. The number of rotatable bonds is 5. The van der Waals surface area contributed by atoms with Crippen molar-refractivity contribution >= 4 is 28.8 Å². The van der Waals surface area contributed by atoms with Crippen LogP contribution in [0.15, 0.2) is 70.1 Å². The van der Waals surface area contributed by atoms with E-state index < -0.39 is 5.69 Å². The smallest absolute Gasteiger partial charge is 0.333 e. The number of pyridine rings is 1. The van der Waals surface area contributed by atoms with Gasteiger partial charge in [-0.3, -0.25) is 4.79 Å². The fourth-order valence-electron chi connectivity index (χ4n) is 3.64. The van der Waals surface area contributed by atoms with E-state index >= 15 is 0 Å². The minimum atomic E-state index is -0.454. The summed E-state index contributed by atoms with van der Waals surface area (Å²) in [6.45, 7) is 3.65. The number of nitrogens with one attached hydrogen (secondary N) is 1. The lowest BCUT2D eigenvalue weighted by molar-refractivity contribution is -0.117. The van der Waals surface area contributed by atoms with Crippen molar-refractivity contribution in [1.29, 1.82) is 0 Å². The highest BCUT2D eigenvalue weighted by atomic mass is 35.5. The number of nitrogens with zero attached hydrogens (tertiary/aromatic N) is 5. The van der Waals surface area contributed by atoms with Gasteiger partial charge in [-0.1, -0.05) is 34.5 Å². The zero-order valence-electron chi connectivity index (χ0n) is 18.3. The fraction of sp³-hybridized carbons (Fsp3) is 0.125. The Bertz CT molecular complexity index is 1580. The molecule has 0 atom stereocenters. The van der Waals surface area contributed by atoms with E-state index in [2.05, 4.69) is 20.6 Å². The number of aryl methyl sites for hydroxylation is 2. The molecule has 0 aliphatic heterocycles. The number of hydrogen-bond acceptors (Lipinski definition) is 6. The van der Waals surface area contributed by atoms with E-state index in [1.807, 2.05) is 32.0 Å². The van der Waals surface area contributed by atoms with E-state index in [1.165, 1.54) is 4.40 Å². The van der Waals surface area contributed by atoms with Crippen LogP contribution in [0.3, 0.4) is 0 Å². The highest BCUT2D eigenvalue weighted by molar-refractivity contribution is 6.30.